The molecule has 0 atom stereocenters. The molecule has 1 saturated heterocycles. The molecule has 17 heavy (non-hydrogen) atoms. The van der Waals surface area contributed by atoms with E-state index in [2.05, 4.69) is 20.8 Å². The van der Waals surface area contributed by atoms with E-state index in [1.54, 1.807) is 6.07 Å². The summed E-state index contributed by atoms with van der Waals surface area (Å²) in [5.41, 5.74) is 7.52. The molecule has 2 nitrogen and oxygen atoms in total. The van der Waals surface area contributed by atoms with E-state index in [1.165, 1.54) is 31.7 Å². The summed E-state index contributed by atoms with van der Waals surface area (Å²) in [6.45, 7) is 2.93. The Balaban J connectivity index is 2.11. The van der Waals surface area contributed by atoms with E-state index in [9.17, 15) is 4.39 Å². The molecule has 0 saturated carbocycles. The van der Waals surface area contributed by atoms with Crippen LogP contribution in [0.4, 0.5) is 10.1 Å². The Labute approximate surface area is 110 Å². The average Bonchev–Trinajstić information content (AvgIpc) is 2.54. The van der Waals surface area contributed by atoms with Gasteiger partial charge in [0.25, 0.3) is 0 Å². The molecule has 0 aliphatic carbocycles. The van der Waals surface area contributed by atoms with Gasteiger partial charge in [-0.25, -0.2) is 4.39 Å². The van der Waals surface area contributed by atoms with Gasteiger partial charge in [0.05, 0.1) is 5.69 Å². The van der Waals surface area contributed by atoms with Crippen molar-refractivity contribution in [3.63, 3.8) is 0 Å². The summed E-state index contributed by atoms with van der Waals surface area (Å²) >= 11 is 3.29. The molecule has 0 radical (unpaired) electrons. The first-order valence-corrected chi connectivity index (χ1v) is 6.92. The van der Waals surface area contributed by atoms with Gasteiger partial charge in [-0.3, -0.25) is 4.90 Å². The fourth-order valence-corrected chi connectivity index (χ4v) is 2.78. The molecule has 94 valence electrons. The molecule has 1 heterocycles. The second-order valence-electron chi connectivity index (χ2n) is 4.65. The number of nitrogens with two attached hydrogens (primary N) is 1. The van der Waals surface area contributed by atoms with Gasteiger partial charge in [-0.2, -0.15) is 0 Å². The zero-order chi connectivity index (χ0) is 12.3. The van der Waals surface area contributed by atoms with Crippen LogP contribution in [0.25, 0.3) is 0 Å². The summed E-state index contributed by atoms with van der Waals surface area (Å²) in [5.74, 6) is -0.226. The van der Waals surface area contributed by atoms with Crippen LogP contribution in [0.15, 0.2) is 16.6 Å². The monoisotopic (exact) mass is 300 g/mol. The summed E-state index contributed by atoms with van der Waals surface area (Å²) in [7, 11) is 0. The number of hydrogen-bond acceptors (Lipinski definition) is 2. The topological polar surface area (TPSA) is 29.3 Å². The van der Waals surface area contributed by atoms with Crippen LogP contribution in [-0.2, 0) is 6.54 Å². The van der Waals surface area contributed by atoms with Gasteiger partial charge in [-0.05, 0) is 59.6 Å². The molecule has 1 aliphatic heterocycles. The molecule has 0 aromatic heterocycles. The third kappa shape index (κ3) is 3.42. The number of hydrogen-bond donors (Lipinski definition) is 1. The van der Waals surface area contributed by atoms with Gasteiger partial charge in [-0.1, -0.05) is 12.8 Å². The Bertz CT molecular complexity index is 387. The molecule has 1 aliphatic rings. The Morgan fingerprint density at radius 2 is 1.82 bits per heavy atom. The third-order valence-electron chi connectivity index (χ3n) is 3.27. The lowest BCUT2D eigenvalue weighted by Gasteiger charge is -2.21. The van der Waals surface area contributed by atoms with Crippen molar-refractivity contribution < 1.29 is 4.39 Å². The molecule has 1 fully saturated rings. The highest BCUT2D eigenvalue weighted by Gasteiger charge is 2.13. The van der Waals surface area contributed by atoms with Crippen molar-refractivity contribution in [2.75, 3.05) is 18.8 Å². The number of halogens is 2. The lowest BCUT2D eigenvalue weighted by molar-refractivity contribution is 0.277. The Morgan fingerprint density at radius 1 is 1.18 bits per heavy atom. The van der Waals surface area contributed by atoms with Gasteiger partial charge >= 0.3 is 0 Å². The van der Waals surface area contributed by atoms with Gasteiger partial charge < -0.3 is 5.73 Å². The SMILES string of the molecule is Nc1c(Br)cc(F)cc1CN1CCCCCC1. The second-order valence-corrected chi connectivity index (χ2v) is 5.51. The molecule has 2 N–H and O–H groups in total. The standard InChI is InChI=1S/C13H18BrFN2/c14-12-8-11(15)7-10(13(12)16)9-17-5-3-1-2-4-6-17/h7-8H,1-6,9,16H2. The number of likely N-dealkylation sites (tertiary alicyclic amines) is 1. The minimum Gasteiger partial charge on any atom is -0.398 e. The largest absolute Gasteiger partial charge is 0.398 e. The van der Waals surface area contributed by atoms with Crippen molar-refractivity contribution in [2.24, 2.45) is 0 Å². The smallest absolute Gasteiger partial charge is 0.124 e. The van der Waals surface area contributed by atoms with Crippen molar-refractivity contribution in [1.29, 1.82) is 0 Å². The van der Waals surface area contributed by atoms with Crippen molar-refractivity contribution in [1.82, 2.24) is 4.90 Å². The van der Waals surface area contributed by atoms with Crippen molar-refractivity contribution in [2.45, 2.75) is 32.2 Å². The number of nitrogen functional groups attached to an aromatic ring is 1. The molecule has 0 amide bonds. The Morgan fingerprint density at radius 3 is 2.47 bits per heavy atom. The molecule has 0 unspecified atom stereocenters. The summed E-state index contributed by atoms with van der Waals surface area (Å²) in [5, 5.41) is 0. The lowest BCUT2D eigenvalue weighted by atomic mass is 10.1. The molecule has 1 aromatic rings. The predicted octanol–water partition coefficient (Wildman–Crippen LogP) is 3.55. The van der Waals surface area contributed by atoms with Crippen LogP contribution in [-0.4, -0.2) is 18.0 Å². The van der Waals surface area contributed by atoms with E-state index >= 15 is 0 Å². The molecule has 1 aromatic carbocycles. The highest BCUT2D eigenvalue weighted by Crippen LogP contribution is 2.26. The first kappa shape index (κ1) is 12.8. The fraction of sp³-hybridized carbons (Fsp3) is 0.538. The van der Waals surface area contributed by atoms with Crippen LogP contribution < -0.4 is 5.73 Å². The van der Waals surface area contributed by atoms with E-state index in [4.69, 9.17) is 5.73 Å². The highest BCUT2D eigenvalue weighted by molar-refractivity contribution is 9.10. The summed E-state index contributed by atoms with van der Waals surface area (Å²) in [6.07, 6.45) is 5.07. The van der Waals surface area contributed by atoms with Gasteiger partial charge in [0, 0.05) is 11.0 Å². The molecule has 0 spiro atoms. The maximum Gasteiger partial charge on any atom is 0.124 e. The zero-order valence-electron chi connectivity index (χ0n) is 9.88. The van der Waals surface area contributed by atoms with Crippen molar-refractivity contribution in [3.8, 4) is 0 Å². The van der Waals surface area contributed by atoms with Crippen LogP contribution in [0.1, 0.15) is 31.2 Å². The molecular weight excluding hydrogens is 283 g/mol. The van der Waals surface area contributed by atoms with Crippen molar-refractivity contribution >= 4 is 21.6 Å². The number of benzene rings is 1. The molecular formula is C13H18BrFN2. The second kappa shape index (κ2) is 5.83. The van der Waals surface area contributed by atoms with Crippen LogP contribution >= 0.6 is 15.9 Å². The number of nitrogens with zero attached hydrogens (tertiary/aromatic N) is 1. The predicted molar refractivity (Wildman–Crippen MR) is 72.3 cm³/mol. The molecule has 2 rings (SSSR count). The molecule has 0 bridgehead atoms. The van der Waals surface area contributed by atoms with E-state index < -0.39 is 0 Å². The fourth-order valence-electron chi connectivity index (χ4n) is 2.30. The van der Waals surface area contributed by atoms with E-state index in [1.807, 2.05) is 0 Å². The van der Waals surface area contributed by atoms with Gasteiger partial charge in [0.1, 0.15) is 5.82 Å². The highest BCUT2D eigenvalue weighted by atomic mass is 79.9. The minimum absolute atomic E-state index is 0.226. The quantitative estimate of drug-likeness (QED) is 0.847. The minimum atomic E-state index is -0.226. The number of rotatable bonds is 2. The lowest BCUT2D eigenvalue weighted by Crippen LogP contribution is -2.24. The first-order valence-electron chi connectivity index (χ1n) is 6.12. The average molecular weight is 301 g/mol. The normalized spacial score (nSPS) is 18.0. The zero-order valence-corrected chi connectivity index (χ0v) is 11.5. The molecule has 4 heteroatoms. The van der Waals surface area contributed by atoms with E-state index in [0.29, 0.717) is 10.2 Å². The van der Waals surface area contributed by atoms with Gasteiger partial charge in [-0.15, -0.1) is 0 Å². The first-order chi connectivity index (χ1) is 8.16. The number of anilines is 1. The summed E-state index contributed by atoms with van der Waals surface area (Å²) in [4.78, 5) is 2.37. The van der Waals surface area contributed by atoms with Crippen molar-refractivity contribution in [3.05, 3.63) is 28.0 Å². The van der Waals surface area contributed by atoms with Gasteiger partial charge in [0.2, 0.25) is 0 Å². The van der Waals surface area contributed by atoms with E-state index in [0.717, 1.165) is 25.2 Å². The van der Waals surface area contributed by atoms with Crippen LogP contribution in [0.5, 0.6) is 0 Å². The maximum absolute atomic E-state index is 13.3. The summed E-state index contributed by atoms with van der Waals surface area (Å²) < 4.78 is 14.0. The third-order valence-corrected chi connectivity index (χ3v) is 3.93. The summed E-state index contributed by atoms with van der Waals surface area (Å²) in [6, 6.07) is 2.96. The van der Waals surface area contributed by atoms with Gasteiger partial charge in [0.15, 0.2) is 0 Å². The van der Waals surface area contributed by atoms with Crippen LogP contribution in [0.2, 0.25) is 0 Å². The Kier molecular flexibility index (Phi) is 4.40. The van der Waals surface area contributed by atoms with Crippen LogP contribution in [0, 0.1) is 5.82 Å². The van der Waals surface area contributed by atoms with Crippen LogP contribution in [0.3, 0.4) is 0 Å². The van der Waals surface area contributed by atoms with E-state index in [-0.39, 0.29) is 5.82 Å². The Hall–Kier alpha value is -0.610. The maximum atomic E-state index is 13.3.